The molecular weight excluding hydrogens is 373 g/mol. The van der Waals surface area contributed by atoms with E-state index in [0.717, 1.165) is 56.9 Å². The van der Waals surface area contributed by atoms with Crippen LogP contribution in [0, 0.1) is 11.2 Å². The van der Waals surface area contributed by atoms with Crippen LogP contribution in [0.1, 0.15) is 42.6 Å². The number of hydrogen-bond acceptors (Lipinski definition) is 4. The Morgan fingerprint density at radius 1 is 1.31 bits per heavy atom. The lowest BCUT2D eigenvalue weighted by atomic mass is 9.75. The molecule has 0 spiro atoms. The molecule has 3 aromatic rings. The SMILES string of the molecule is CC1(CN2CCC(C)(c3cnn4c3[nH]c3cc(F)cc(C(N)=O)c34)CC2)COC1. The number of fused-ring (bicyclic) bond motifs is 3. The van der Waals surface area contributed by atoms with Gasteiger partial charge in [-0.15, -0.1) is 0 Å². The highest BCUT2D eigenvalue weighted by molar-refractivity contribution is 6.05. The van der Waals surface area contributed by atoms with Crippen LogP contribution in [0.15, 0.2) is 18.3 Å². The average molecular weight is 399 g/mol. The largest absolute Gasteiger partial charge is 0.380 e. The summed E-state index contributed by atoms with van der Waals surface area (Å²) >= 11 is 0. The van der Waals surface area contributed by atoms with Gasteiger partial charge < -0.3 is 20.4 Å². The average Bonchev–Trinajstić information content (AvgIpc) is 3.20. The quantitative estimate of drug-likeness (QED) is 0.705. The van der Waals surface area contributed by atoms with Crippen LogP contribution in [-0.4, -0.2) is 58.3 Å². The number of carbonyl (C=O) groups excluding carboxylic acids is 1. The summed E-state index contributed by atoms with van der Waals surface area (Å²) in [6.45, 7) is 9.34. The van der Waals surface area contributed by atoms with E-state index in [-0.39, 0.29) is 16.4 Å². The second-order valence-electron chi connectivity index (χ2n) is 9.30. The highest BCUT2D eigenvalue weighted by Gasteiger charge is 2.39. The highest BCUT2D eigenvalue weighted by atomic mass is 19.1. The van der Waals surface area contributed by atoms with Gasteiger partial charge in [-0.25, -0.2) is 8.91 Å². The predicted octanol–water partition coefficient (Wildman–Crippen LogP) is 2.44. The fourth-order valence-electron chi connectivity index (χ4n) is 4.87. The standard InChI is InChI=1S/C21H26FN5O2/c1-20(11-29-12-20)10-26-5-3-21(2,4-6-26)15-9-24-27-17-14(18(23)28)7-13(22)8-16(17)25-19(15)27/h7-9,25H,3-6,10-12H2,1-2H3,(H2,23,28). The van der Waals surface area contributed by atoms with Gasteiger partial charge in [-0.1, -0.05) is 13.8 Å². The van der Waals surface area contributed by atoms with Gasteiger partial charge in [-0.2, -0.15) is 5.10 Å². The molecule has 0 aliphatic carbocycles. The summed E-state index contributed by atoms with van der Waals surface area (Å²) in [4.78, 5) is 17.6. The van der Waals surface area contributed by atoms with Crippen LogP contribution in [0.3, 0.4) is 0 Å². The molecule has 5 rings (SSSR count). The third-order valence-electron chi connectivity index (χ3n) is 6.69. The lowest BCUT2D eigenvalue weighted by Gasteiger charge is -2.45. The first-order valence-electron chi connectivity index (χ1n) is 10.1. The van der Waals surface area contributed by atoms with Gasteiger partial charge in [-0.3, -0.25) is 4.79 Å². The number of aromatic amines is 1. The summed E-state index contributed by atoms with van der Waals surface area (Å²) < 4.78 is 21.0. The molecular formula is C21H26FN5O2. The van der Waals surface area contributed by atoms with Gasteiger partial charge in [-0.05, 0) is 38.1 Å². The van der Waals surface area contributed by atoms with Crippen molar-refractivity contribution in [1.82, 2.24) is 19.5 Å². The maximum absolute atomic E-state index is 14.0. The molecule has 8 heteroatoms. The Bertz CT molecular complexity index is 1110. The smallest absolute Gasteiger partial charge is 0.251 e. The molecule has 3 N–H and O–H groups in total. The maximum atomic E-state index is 14.0. The van der Waals surface area contributed by atoms with E-state index < -0.39 is 11.7 Å². The van der Waals surface area contributed by atoms with Crippen molar-refractivity contribution in [3.63, 3.8) is 0 Å². The Labute approximate surface area is 168 Å². The molecule has 0 radical (unpaired) electrons. The summed E-state index contributed by atoms with van der Waals surface area (Å²) in [5.41, 5.74) is 8.82. The number of nitrogens with zero attached hydrogens (tertiary/aromatic N) is 3. The van der Waals surface area contributed by atoms with Crippen LogP contribution in [0.4, 0.5) is 4.39 Å². The molecule has 4 heterocycles. The number of benzene rings is 1. The summed E-state index contributed by atoms with van der Waals surface area (Å²) in [7, 11) is 0. The highest BCUT2D eigenvalue weighted by Crippen LogP contribution is 2.39. The molecule has 0 saturated carbocycles. The molecule has 2 aliphatic heterocycles. The lowest BCUT2D eigenvalue weighted by molar-refractivity contribution is -0.117. The monoisotopic (exact) mass is 399 g/mol. The minimum atomic E-state index is -0.666. The maximum Gasteiger partial charge on any atom is 0.251 e. The topological polar surface area (TPSA) is 88.6 Å². The van der Waals surface area contributed by atoms with Gasteiger partial charge in [0.25, 0.3) is 5.91 Å². The van der Waals surface area contributed by atoms with E-state index in [1.54, 1.807) is 4.52 Å². The Morgan fingerprint density at radius 2 is 2.03 bits per heavy atom. The van der Waals surface area contributed by atoms with E-state index in [0.29, 0.717) is 11.0 Å². The van der Waals surface area contributed by atoms with E-state index in [1.807, 2.05) is 6.20 Å². The minimum absolute atomic E-state index is 0.0401. The van der Waals surface area contributed by atoms with Crippen molar-refractivity contribution in [2.45, 2.75) is 32.1 Å². The normalized spacial score (nSPS) is 21.5. The minimum Gasteiger partial charge on any atom is -0.380 e. The number of rotatable bonds is 4. The summed E-state index contributed by atoms with van der Waals surface area (Å²) in [5.74, 6) is -1.16. The van der Waals surface area contributed by atoms with Gasteiger partial charge in [0.1, 0.15) is 17.0 Å². The van der Waals surface area contributed by atoms with Gasteiger partial charge in [0.15, 0.2) is 0 Å². The zero-order valence-corrected chi connectivity index (χ0v) is 16.8. The van der Waals surface area contributed by atoms with Crippen molar-refractivity contribution < 1.29 is 13.9 Å². The zero-order valence-electron chi connectivity index (χ0n) is 16.8. The first kappa shape index (κ1) is 18.6. The van der Waals surface area contributed by atoms with Gasteiger partial charge in [0.2, 0.25) is 0 Å². The van der Waals surface area contributed by atoms with Crippen LogP contribution in [0.2, 0.25) is 0 Å². The molecule has 0 atom stereocenters. The zero-order chi connectivity index (χ0) is 20.4. The van der Waals surface area contributed by atoms with E-state index >= 15 is 0 Å². The fraction of sp³-hybridized carbons (Fsp3) is 0.524. The second kappa shape index (κ2) is 6.27. The number of carbonyl (C=O) groups is 1. The lowest BCUT2D eigenvalue weighted by Crippen LogP contribution is -2.51. The molecule has 154 valence electrons. The summed E-state index contributed by atoms with van der Waals surface area (Å²) in [6.07, 6.45) is 3.89. The number of ether oxygens (including phenoxy) is 1. The number of halogens is 1. The molecule has 2 aliphatic rings. The number of imidazole rings is 1. The first-order valence-corrected chi connectivity index (χ1v) is 10.1. The first-order chi connectivity index (χ1) is 13.8. The molecule has 0 bridgehead atoms. The fourth-order valence-corrected chi connectivity index (χ4v) is 4.87. The molecule has 29 heavy (non-hydrogen) atoms. The molecule has 0 unspecified atom stereocenters. The van der Waals surface area contributed by atoms with Crippen LogP contribution in [0.5, 0.6) is 0 Å². The van der Waals surface area contributed by atoms with E-state index in [2.05, 4.69) is 28.8 Å². The number of nitrogens with one attached hydrogen (secondary N) is 1. The Balaban J connectivity index is 1.47. The number of piperidine rings is 1. The van der Waals surface area contributed by atoms with Crippen LogP contribution in [-0.2, 0) is 10.2 Å². The molecule has 1 aromatic carbocycles. The van der Waals surface area contributed by atoms with Crippen LogP contribution in [0.25, 0.3) is 16.7 Å². The van der Waals surface area contributed by atoms with Crippen molar-refractivity contribution in [3.05, 3.63) is 35.3 Å². The van der Waals surface area contributed by atoms with Crippen LogP contribution >= 0.6 is 0 Å². The van der Waals surface area contributed by atoms with Gasteiger partial charge >= 0.3 is 0 Å². The Kier molecular flexibility index (Phi) is 4.02. The molecule has 2 aromatic heterocycles. The number of likely N-dealkylation sites (tertiary alicyclic amines) is 1. The second-order valence-corrected chi connectivity index (χ2v) is 9.30. The van der Waals surface area contributed by atoms with Crippen molar-refractivity contribution in [1.29, 1.82) is 0 Å². The van der Waals surface area contributed by atoms with E-state index in [4.69, 9.17) is 10.5 Å². The Hall–Kier alpha value is -2.45. The third kappa shape index (κ3) is 2.93. The van der Waals surface area contributed by atoms with Gasteiger partial charge in [0.05, 0.1) is 30.5 Å². The predicted molar refractivity (Wildman–Crippen MR) is 107 cm³/mol. The summed E-state index contributed by atoms with van der Waals surface area (Å²) in [6, 6.07) is 2.55. The number of primary amides is 1. The van der Waals surface area contributed by atoms with E-state index in [1.165, 1.54) is 12.1 Å². The van der Waals surface area contributed by atoms with Crippen molar-refractivity contribution in [3.8, 4) is 0 Å². The molecule has 7 nitrogen and oxygen atoms in total. The number of amides is 1. The van der Waals surface area contributed by atoms with Crippen molar-refractivity contribution >= 4 is 22.6 Å². The van der Waals surface area contributed by atoms with E-state index in [9.17, 15) is 9.18 Å². The number of hydrogen-bond donors (Lipinski definition) is 2. The number of aromatic nitrogens is 3. The third-order valence-corrected chi connectivity index (χ3v) is 6.69. The van der Waals surface area contributed by atoms with Gasteiger partial charge in [0, 0.05) is 22.9 Å². The Morgan fingerprint density at radius 3 is 2.66 bits per heavy atom. The summed E-state index contributed by atoms with van der Waals surface area (Å²) in [5, 5.41) is 4.53. The molecule has 2 saturated heterocycles. The van der Waals surface area contributed by atoms with Crippen LogP contribution < -0.4 is 5.73 Å². The molecule has 2 fully saturated rings. The van der Waals surface area contributed by atoms with Crippen molar-refractivity contribution in [2.24, 2.45) is 11.1 Å². The number of H-pyrrole nitrogens is 1. The van der Waals surface area contributed by atoms with Crippen molar-refractivity contribution in [2.75, 3.05) is 32.8 Å². The molecule has 1 amide bonds. The number of nitrogens with two attached hydrogens (primary N) is 1.